The molecule has 0 saturated carbocycles. The predicted molar refractivity (Wildman–Crippen MR) is 205 cm³/mol. The van der Waals surface area contributed by atoms with E-state index < -0.39 is 23.0 Å². The van der Waals surface area contributed by atoms with E-state index in [-0.39, 0.29) is 70.4 Å². The highest BCUT2D eigenvalue weighted by Gasteiger charge is 2.38. The topological polar surface area (TPSA) is 124 Å². The van der Waals surface area contributed by atoms with Gasteiger partial charge >= 0.3 is 6.18 Å². The van der Waals surface area contributed by atoms with Gasteiger partial charge in [0.05, 0.1) is 42.3 Å². The Morgan fingerprint density at radius 2 is 1.56 bits per heavy atom. The Morgan fingerprint density at radius 1 is 0.909 bits per heavy atom. The van der Waals surface area contributed by atoms with Gasteiger partial charge in [0.2, 0.25) is 0 Å². The van der Waals surface area contributed by atoms with Gasteiger partial charge in [0.1, 0.15) is 29.3 Å². The highest BCUT2D eigenvalue weighted by molar-refractivity contribution is 6.36. The minimum atomic E-state index is -4.83. The highest BCUT2D eigenvalue weighted by atomic mass is 35.5. The van der Waals surface area contributed by atoms with Crippen molar-refractivity contribution in [3.8, 4) is 28.5 Å². The number of halogens is 4. The van der Waals surface area contributed by atoms with E-state index >= 15 is 0 Å². The van der Waals surface area contributed by atoms with E-state index in [1.54, 1.807) is 37.1 Å². The Labute approximate surface area is 319 Å². The van der Waals surface area contributed by atoms with Gasteiger partial charge in [0.15, 0.2) is 5.75 Å². The van der Waals surface area contributed by atoms with Crippen LogP contribution in [0.25, 0.3) is 22.2 Å². The number of methoxy groups -OCH3 is 2. The maximum Gasteiger partial charge on any atom is 0.418 e. The van der Waals surface area contributed by atoms with E-state index in [0.717, 1.165) is 17.5 Å². The number of hydrogen-bond donors (Lipinski definition) is 2. The van der Waals surface area contributed by atoms with E-state index in [1.807, 2.05) is 53.4 Å². The quantitative estimate of drug-likeness (QED) is 0.106. The predicted octanol–water partition coefficient (Wildman–Crippen LogP) is 7.02. The number of anilines is 1. The average molecular weight is 775 g/mol. The summed E-state index contributed by atoms with van der Waals surface area (Å²) in [5, 5.41) is 2.91. The third kappa shape index (κ3) is 9.10. The molecule has 0 unspecified atom stereocenters. The first-order valence-electron chi connectivity index (χ1n) is 17.3. The third-order valence-corrected chi connectivity index (χ3v) is 9.29. The van der Waals surface area contributed by atoms with Crippen molar-refractivity contribution in [2.75, 3.05) is 38.8 Å². The first-order valence-corrected chi connectivity index (χ1v) is 17.6. The number of benzene rings is 3. The molecular formula is C40H38ClF3N6O5. The molecular weight excluding hydrogens is 737 g/mol. The maximum atomic E-state index is 15.0. The number of H-pyrrole nitrogens is 1. The van der Waals surface area contributed by atoms with Crippen molar-refractivity contribution < 1.29 is 27.4 Å². The van der Waals surface area contributed by atoms with E-state index in [9.17, 15) is 22.8 Å². The molecule has 11 nitrogen and oxygen atoms in total. The monoisotopic (exact) mass is 774 g/mol. The fourth-order valence-electron chi connectivity index (χ4n) is 6.17. The van der Waals surface area contributed by atoms with Crippen molar-refractivity contribution in [3.63, 3.8) is 0 Å². The molecule has 3 heterocycles. The van der Waals surface area contributed by atoms with Crippen LogP contribution < -0.4 is 35.5 Å². The van der Waals surface area contributed by atoms with Gasteiger partial charge in [-0.25, -0.2) is 9.97 Å². The second kappa shape index (κ2) is 17.1. The molecule has 6 rings (SSSR count). The molecule has 0 aliphatic carbocycles. The molecule has 0 aliphatic rings. The zero-order valence-electron chi connectivity index (χ0n) is 30.2. The van der Waals surface area contributed by atoms with Crippen molar-refractivity contribution in [1.29, 1.82) is 0 Å². The van der Waals surface area contributed by atoms with Crippen LogP contribution in [0.1, 0.15) is 22.3 Å². The molecule has 0 spiro atoms. The Hall–Kier alpha value is -5.86. The molecule has 3 aromatic carbocycles. The molecule has 0 fully saturated rings. The highest BCUT2D eigenvalue weighted by Crippen LogP contribution is 2.45. The van der Waals surface area contributed by atoms with E-state index in [1.165, 1.54) is 25.1 Å². The number of aromatic nitrogens is 4. The van der Waals surface area contributed by atoms with Crippen LogP contribution in [0.4, 0.5) is 19.0 Å². The Bertz CT molecular complexity index is 2340. The number of fused-ring (bicyclic) bond motifs is 1. The Morgan fingerprint density at radius 3 is 2.16 bits per heavy atom. The van der Waals surface area contributed by atoms with Crippen LogP contribution in [0, 0.1) is 6.92 Å². The van der Waals surface area contributed by atoms with Crippen LogP contribution in [0.15, 0.2) is 101 Å². The molecule has 15 heteroatoms. The summed E-state index contributed by atoms with van der Waals surface area (Å²) < 4.78 is 63.2. The van der Waals surface area contributed by atoms with E-state index in [4.69, 9.17) is 25.8 Å². The smallest absolute Gasteiger partial charge is 0.418 e. The van der Waals surface area contributed by atoms with Gasteiger partial charge in [0, 0.05) is 50.6 Å². The Kier molecular flexibility index (Phi) is 12.1. The molecule has 0 amide bonds. The molecule has 0 radical (unpaired) electrons. The summed E-state index contributed by atoms with van der Waals surface area (Å²) in [5.74, 6) is 1.45. The van der Waals surface area contributed by atoms with Gasteiger partial charge in [-0.2, -0.15) is 13.2 Å². The summed E-state index contributed by atoms with van der Waals surface area (Å²) in [5.41, 5.74) is -0.541. The molecule has 0 aliphatic heterocycles. The van der Waals surface area contributed by atoms with Crippen LogP contribution >= 0.6 is 11.6 Å². The normalized spacial score (nSPS) is 11.5. The van der Waals surface area contributed by atoms with Gasteiger partial charge < -0.3 is 34.0 Å². The van der Waals surface area contributed by atoms with Crippen LogP contribution in [0.5, 0.6) is 17.2 Å². The third-order valence-electron chi connectivity index (χ3n) is 8.91. The lowest BCUT2D eigenvalue weighted by Gasteiger charge is -2.27. The lowest BCUT2D eigenvalue weighted by molar-refractivity contribution is -0.137. The van der Waals surface area contributed by atoms with Gasteiger partial charge in [0.25, 0.3) is 11.1 Å². The summed E-state index contributed by atoms with van der Waals surface area (Å²) >= 11 is 6.95. The standard InChI is InChI=1S/C40H38ClF3N6O5/c1-25-20-32(50(22-26-7-11-28(53-2)12-8-26)23-27-9-13-29(54-3)14-10-27)48-37(35(25)40(42,43)44)30-21-31-34(39(52)47-24-46-31)38(36(30)41)55-19-16-45-15-18-49-17-5-4-6-33(49)51/h4-14,17,20-21,24,45H,15-16,18-19,22-23H2,1-3H3,(H,46,47,52). The second-order valence-electron chi connectivity index (χ2n) is 12.6. The van der Waals surface area contributed by atoms with Crippen LogP contribution in [-0.4, -0.2) is 53.4 Å². The summed E-state index contributed by atoms with van der Waals surface area (Å²) in [4.78, 5) is 38.4. The summed E-state index contributed by atoms with van der Waals surface area (Å²) in [6.07, 6.45) is -1.99. The lowest BCUT2D eigenvalue weighted by Crippen LogP contribution is -2.28. The minimum Gasteiger partial charge on any atom is -0.497 e. The molecule has 55 heavy (non-hydrogen) atoms. The number of rotatable bonds is 15. The van der Waals surface area contributed by atoms with Crippen molar-refractivity contribution in [3.05, 3.63) is 139 Å². The summed E-state index contributed by atoms with van der Waals surface area (Å²) in [6, 6.07) is 22.3. The van der Waals surface area contributed by atoms with Crippen molar-refractivity contribution in [2.45, 2.75) is 32.7 Å². The van der Waals surface area contributed by atoms with Crippen LogP contribution in [-0.2, 0) is 25.8 Å². The molecule has 286 valence electrons. The number of hydrogen-bond acceptors (Lipinski definition) is 9. The molecule has 6 aromatic rings. The van der Waals surface area contributed by atoms with E-state index in [2.05, 4.69) is 20.3 Å². The first kappa shape index (κ1) is 38.9. The number of pyridine rings is 2. The molecule has 2 N–H and O–H groups in total. The summed E-state index contributed by atoms with van der Waals surface area (Å²) in [6.45, 7) is 3.05. The lowest BCUT2D eigenvalue weighted by atomic mass is 9.99. The van der Waals surface area contributed by atoms with Gasteiger partial charge in [-0.3, -0.25) is 9.59 Å². The first-order chi connectivity index (χ1) is 26.5. The van der Waals surface area contributed by atoms with Crippen molar-refractivity contribution in [2.24, 2.45) is 0 Å². The maximum absolute atomic E-state index is 15.0. The zero-order valence-corrected chi connectivity index (χ0v) is 31.0. The average Bonchev–Trinajstić information content (AvgIpc) is 3.17. The Balaban J connectivity index is 1.40. The fraction of sp³-hybridized carbons (Fsp3) is 0.250. The molecule has 0 saturated heterocycles. The van der Waals surface area contributed by atoms with Gasteiger partial charge in [-0.05, 0) is 66.1 Å². The van der Waals surface area contributed by atoms with Crippen molar-refractivity contribution >= 4 is 28.3 Å². The van der Waals surface area contributed by atoms with Gasteiger partial charge in [-0.1, -0.05) is 41.9 Å². The fourth-order valence-corrected chi connectivity index (χ4v) is 6.46. The van der Waals surface area contributed by atoms with Crippen LogP contribution in [0.2, 0.25) is 5.02 Å². The minimum absolute atomic E-state index is 0.00752. The summed E-state index contributed by atoms with van der Waals surface area (Å²) in [7, 11) is 3.13. The number of aryl methyl sites for hydroxylation is 1. The number of aromatic amines is 1. The zero-order chi connectivity index (χ0) is 39.1. The number of nitrogens with zero attached hydrogens (tertiary/aromatic N) is 4. The molecule has 0 bridgehead atoms. The van der Waals surface area contributed by atoms with E-state index in [0.29, 0.717) is 24.6 Å². The SMILES string of the molecule is COc1ccc(CN(Cc2ccc(OC)cc2)c2cc(C)c(C(F)(F)F)c(-c3cc4nc[nH]c(=O)c4c(OCCNCCn4ccccc4=O)c3Cl)n2)cc1. The van der Waals surface area contributed by atoms with Crippen molar-refractivity contribution in [1.82, 2.24) is 24.8 Å². The molecule has 0 atom stereocenters. The van der Waals surface area contributed by atoms with Gasteiger partial charge in [-0.15, -0.1) is 0 Å². The molecule has 3 aromatic heterocycles. The number of alkyl halides is 3. The number of nitrogens with one attached hydrogen (secondary N) is 2. The second-order valence-corrected chi connectivity index (χ2v) is 13.0. The largest absolute Gasteiger partial charge is 0.497 e. The number of ether oxygens (including phenoxy) is 3. The van der Waals surface area contributed by atoms with Crippen LogP contribution in [0.3, 0.4) is 0 Å².